The maximum absolute atomic E-state index is 9.99. The molecular weight excluding hydrogens is 282 g/mol. The quantitative estimate of drug-likeness (QED) is 0.253. The molecule has 0 aromatic rings. The van der Waals surface area contributed by atoms with E-state index in [0.717, 1.165) is 0 Å². The molecule has 0 rings (SSSR count). The van der Waals surface area contributed by atoms with Crippen LogP contribution in [0.2, 0.25) is 0 Å². The van der Waals surface area contributed by atoms with Crippen molar-refractivity contribution in [3.05, 3.63) is 0 Å². The van der Waals surface area contributed by atoms with Crippen LogP contribution in [0.3, 0.4) is 0 Å². The van der Waals surface area contributed by atoms with Crippen molar-refractivity contribution in [1.82, 2.24) is 0 Å². The van der Waals surface area contributed by atoms with Crippen molar-refractivity contribution in [1.29, 1.82) is 0 Å². The molecule has 3 atom stereocenters. The van der Waals surface area contributed by atoms with E-state index in [1.807, 2.05) is 0 Å². The van der Waals surface area contributed by atoms with Gasteiger partial charge in [0.2, 0.25) is 0 Å². The predicted molar refractivity (Wildman–Crippen MR) is 59.8 cm³/mol. The Morgan fingerprint density at radius 1 is 0.800 bits per heavy atom. The van der Waals surface area contributed by atoms with Crippen molar-refractivity contribution < 1.29 is 49.8 Å². The van der Waals surface area contributed by atoms with Crippen LogP contribution >= 0.6 is 0 Å². The van der Waals surface area contributed by atoms with E-state index in [1.165, 1.54) is 0 Å². The fraction of sp³-hybridized carbons (Fsp3) is 0.556. The molecule has 0 fully saturated rings. The van der Waals surface area contributed by atoms with Crippen LogP contribution in [0, 0.1) is 0 Å². The van der Waals surface area contributed by atoms with Crippen molar-refractivity contribution in [2.75, 3.05) is 0 Å². The Hall–Kier alpha value is -2.24. The van der Waals surface area contributed by atoms with Gasteiger partial charge in [-0.05, 0) is 6.42 Å². The number of aliphatic carboxylic acids is 4. The number of carbonyl (C=O) groups is 4. The fourth-order valence-corrected chi connectivity index (χ4v) is 0.673. The van der Waals surface area contributed by atoms with E-state index in [1.54, 1.807) is 0 Å². The molecule has 0 heterocycles. The summed E-state index contributed by atoms with van der Waals surface area (Å²) in [7, 11) is 0. The smallest absolute Gasteiger partial charge is 0.335 e. The summed E-state index contributed by atoms with van der Waals surface area (Å²) in [6.07, 6.45) is -4.76. The molecule has 0 aliphatic carbocycles. The predicted octanol–water partition coefficient (Wildman–Crippen LogP) is -2.86. The third-order valence-electron chi connectivity index (χ3n) is 1.79. The van der Waals surface area contributed by atoms with E-state index in [0.29, 0.717) is 0 Å². The molecule has 0 radical (unpaired) electrons. The highest BCUT2D eigenvalue weighted by Gasteiger charge is 2.29. The molecule has 0 amide bonds. The Morgan fingerprint density at radius 2 is 1.15 bits per heavy atom. The highest BCUT2D eigenvalue weighted by Crippen LogP contribution is 1.93. The van der Waals surface area contributed by atoms with Gasteiger partial charge < -0.3 is 36.4 Å². The molecule has 0 aromatic carbocycles. The topological polar surface area (TPSA) is 216 Å². The lowest BCUT2D eigenvalue weighted by atomic mass is 10.2. The average molecular weight is 297 g/mol. The summed E-state index contributed by atoms with van der Waals surface area (Å²) in [6.45, 7) is 0. The Balaban J connectivity index is 0. The zero-order chi connectivity index (χ0) is 16.5. The summed E-state index contributed by atoms with van der Waals surface area (Å²) >= 11 is 0. The maximum atomic E-state index is 9.99. The van der Waals surface area contributed by atoms with Gasteiger partial charge >= 0.3 is 23.9 Å². The highest BCUT2D eigenvalue weighted by molar-refractivity contribution is 5.83. The van der Waals surface area contributed by atoms with E-state index in [9.17, 15) is 19.2 Å². The first-order valence-corrected chi connectivity index (χ1v) is 5.02. The normalized spacial score (nSPS) is 14.2. The number of carboxylic acids is 4. The number of hydrogen-bond donors (Lipinski definition) is 7. The van der Waals surface area contributed by atoms with Crippen molar-refractivity contribution >= 4 is 23.9 Å². The van der Waals surface area contributed by atoms with E-state index in [4.69, 9.17) is 36.4 Å². The molecule has 0 saturated carbocycles. The van der Waals surface area contributed by atoms with E-state index < -0.39 is 42.1 Å². The molecular formula is C9H15NO10. The van der Waals surface area contributed by atoms with Crippen LogP contribution in [0.25, 0.3) is 0 Å². The van der Waals surface area contributed by atoms with Gasteiger partial charge in [0.1, 0.15) is 6.04 Å². The average Bonchev–Trinajstić information content (AvgIpc) is 2.34. The van der Waals surface area contributed by atoms with Gasteiger partial charge in [0.25, 0.3) is 0 Å². The number of hydrogen-bond acceptors (Lipinski definition) is 7. The second kappa shape index (κ2) is 9.66. The Labute approximate surface area is 111 Å². The lowest BCUT2D eigenvalue weighted by Gasteiger charge is -2.07. The summed E-state index contributed by atoms with van der Waals surface area (Å²) in [5, 5.41) is 48.8. The van der Waals surface area contributed by atoms with Crippen molar-refractivity contribution in [2.45, 2.75) is 31.1 Å². The molecule has 0 aromatic heterocycles. The summed E-state index contributed by atoms with van der Waals surface area (Å²) in [5.74, 6) is -5.73. The molecule has 0 saturated heterocycles. The third-order valence-corrected chi connectivity index (χ3v) is 1.79. The fourth-order valence-electron chi connectivity index (χ4n) is 0.673. The first kappa shape index (κ1) is 20.1. The van der Waals surface area contributed by atoms with Gasteiger partial charge in [0.15, 0.2) is 12.2 Å². The second-order valence-corrected chi connectivity index (χ2v) is 3.44. The van der Waals surface area contributed by atoms with Crippen molar-refractivity contribution in [2.24, 2.45) is 5.73 Å². The van der Waals surface area contributed by atoms with Gasteiger partial charge in [-0.15, -0.1) is 0 Å². The monoisotopic (exact) mass is 297 g/mol. The molecule has 0 aliphatic rings. The lowest BCUT2D eigenvalue weighted by molar-refractivity contribution is -0.165. The van der Waals surface area contributed by atoms with Crippen LogP contribution in [0.4, 0.5) is 0 Å². The first-order chi connectivity index (χ1) is 9.00. The Kier molecular flexibility index (Phi) is 9.70. The summed E-state index contributed by atoms with van der Waals surface area (Å²) < 4.78 is 0. The highest BCUT2D eigenvalue weighted by atomic mass is 16.4. The van der Waals surface area contributed by atoms with Gasteiger partial charge in [-0.3, -0.25) is 9.59 Å². The van der Waals surface area contributed by atoms with Crippen LogP contribution in [0.1, 0.15) is 12.8 Å². The molecule has 11 nitrogen and oxygen atoms in total. The molecule has 8 N–H and O–H groups in total. The van der Waals surface area contributed by atoms with Crippen LogP contribution in [0.15, 0.2) is 0 Å². The minimum atomic E-state index is -2.27. The van der Waals surface area contributed by atoms with Gasteiger partial charge in [-0.2, -0.15) is 0 Å². The largest absolute Gasteiger partial charge is 0.481 e. The molecule has 0 aliphatic heterocycles. The molecule has 3 unspecified atom stereocenters. The Morgan fingerprint density at radius 3 is 1.35 bits per heavy atom. The third kappa shape index (κ3) is 9.76. The van der Waals surface area contributed by atoms with Crippen molar-refractivity contribution in [3.8, 4) is 0 Å². The molecule has 116 valence electrons. The zero-order valence-corrected chi connectivity index (χ0v) is 10.0. The van der Waals surface area contributed by atoms with Crippen LogP contribution in [-0.2, 0) is 19.2 Å². The summed E-state index contributed by atoms with van der Waals surface area (Å²) in [6, 6.07) is -1.06. The number of aliphatic hydroxyl groups excluding tert-OH is 2. The van der Waals surface area contributed by atoms with Crippen LogP contribution in [0.5, 0.6) is 0 Å². The number of carboxylic acid groups (broad SMARTS) is 4. The Bertz CT molecular complexity index is 350. The van der Waals surface area contributed by atoms with E-state index in [2.05, 4.69) is 0 Å². The standard InChI is InChI=1S/C5H9NO4.C4H6O6/c6-3(5(9)10)1-2-4(7)8;5-1(3(7)8)2(6)4(9)10/h3H,1-2,6H2,(H,7,8)(H,9,10);1-2,5-6H,(H,7,8)(H,9,10). The number of nitrogens with two attached hydrogens (primary N) is 1. The van der Waals surface area contributed by atoms with Gasteiger partial charge in [0.05, 0.1) is 0 Å². The minimum absolute atomic E-state index is 0.0231. The second-order valence-electron chi connectivity index (χ2n) is 3.44. The maximum Gasteiger partial charge on any atom is 0.335 e. The zero-order valence-electron chi connectivity index (χ0n) is 10.0. The molecule has 0 spiro atoms. The number of aliphatic hydroxyl groups is 2. The van der Waals surface area contributed by atoms with Crippen molar-refractivity contribution in [3.63, 3.8) is 0 Å². The summed E-state index contributed by atoms with van der Waals surface area (Å²) in [4.78, 5) is 39.4. The molecule has 11 heteroatoms. The first-order valence-electron chi connectivity index (χ1n) is 5.02. The van der Waals surface area contributed by atoms with E-state index in [-0.39, 0.29) is 12.8 Å². The summed E-state index contributed by atoms with van der Waals surface area (Å²) in [5.41, 5.74) is 5.00. The molecule has 0 bridgehead atoms. The SMILES string of the molecule is NC(CCC(=O)O)C(=O)O.O=C(O)C(O)C(O)C(=O)O. The number of rotatable bonds is 7. The minimum Gasteiger partial charge on any atom is -0.481 e. The van der Waals surface area contributed by atoms with Crippen LogP contribution in [-0.4, -0.2) is 72.8 Å². The van der Waals surface area contributed by atoms with Crippen LogP contribution < -0.4 is 5.73 Å². The van der Waals surface area contributed by atoms with E-state index >= 15 is 0 Å². The molecule has 20 heavy (non-hydrogen) atoms. The lowest BCUT2D eigenvalue weighted by Crippen LogP contribution is -2.39. The van der Waals surface area contributed by atoms with Gasteiger partial charge in [0, 0.05) is 6.42 Å². The van der Waals surface area contributed by atoms with Gasteiger partial charge in [-0.1, -0.05) is 0 Å². The van der Waals surface area contributed by atoms with Gasteiger partial charge in [-0.25, -0.2) is 9.59 Å².